The number of nitrogens with zero attached hydrogens (tertiary/aromatic N) is 1. The van der Waals surface area contributed by atoms with Crippen molar-refractivity contribution in [3.8, 4) is 0 Å². The first kappa shape index (κ1) is 10.2. The van der Waals surface area contributed by atoms with Crippen molar-refractivity contribution in [1.82, 2.24) is 15.3 Å². The second-order valence-electron chi connectivity index (χ2n) is 3.46. The van der Waals surface area contributed by atoms with Crippen LogP contribution in [0.4, 0.5) is 0 Å². The molecule has 0 aliphatic carbocycles. The van der Waals surface area contributed by atoms with Crippen LogP contribution >= 0.6 is 0 Å². The summed E-state index contributed by atoms with van der Waals surface area (Å²) in [7, 11) is 0. The van der Waals surface area contributed by atoms with Gasteiger partial charge in [-0.05, 0) is 13.3 Å². The lowest BCUT2D eigenvalue weighted by molar-refractivity contribution is 0.168. The summed E-state index contributed by atoms with van der Waals surface area (Å²) in [5, 5.41) is 12.4. The fourth-order valence-corrected chi connectivity index (χ4v) is 0.984. The van der Waals surface area contributed by atoms with E-state index < -0.39 is 0 Å². The second-order valence-corrected chi connectivity index (χ2v) is 3.46. The molecular weight excluding hydrogens is 166 g/mol. The maximum Gasteiger partial charge on any atom is 0.120 e. The lowest BCUT2D eigenvalue weighted by Crippen LogP contribution is -2.44. The number of rotatable bonds is 5. The zero-order valence-corrected chi connectivity index (χ0v) is 8.17. The number of aromatic amines is 1. The van der Waals surface area contributed by atoms with Gasteiger partial charge in [-0.3, -0.25) is 0 Å². The van der Waals surface area contributed by atoms with E-state index in [0.29, 0.717) is 6.54 Å². The van der Waals surface area contributed by atoms with Gasteiger partial charge >= 0.3 is 0 Å². The first-order valence-corrected chi connectivity index (χ1v) is 4.54. The summed E-state index contributed by atoms with van der Waals surface area (Å²) in [6.07, 6.45) is 4.41. The van der Waals surface area contributed by atoms with Crippen molar-refractivity contribution >= 4 is 0 Å². The number of aliphatic hydroxyl groups excluding tert-OH is 1. The topological polar surface area (TPSA) is 60.9 Å². The highest BCUT2D eigenvalue weighted by Gasteiger charge is 2.19. The minimum absolute atomic E-state index is 0.143. The molecule has 0 fully saturated rings. The van der Waals surface area contributed by atoms with Crippen LogP contribution in [0.1, 0.15) is 26.1 Å². The zero-order valence-electron chi connectivity index (χ0n) is 8.17. The molecule has 0 aromatic carbocycles. The molecule has 1 unspecified atom stereocenters. The lowest BCUT2D eigenvalue weighted by Gasteiger charge is -2.26. The Kier molecular flexibility index (Phi) is 3.45. The number of hydrogen-bond donors (Lipinski definition) is 3. The predicted molar refractivity (Wildman–Crippen MR) is 51.2 cm³/mol. The van der Waals surface area contributed by atoms with Gasteiger partial charge in [0.2, 0.25) is 0 Å². The van der Waals surface area contributed by atoms with E-state index in [1.165, 1.54) is 0 Å². The van der Waals surface area contributed by atoms with Crippen molar-refractivity contribution in [2.45, 2.75) is 32.4 Å². The van der Waals surface area contributed by atoms with Gasteiger partial charge in [0.05, 0.1) is 13.2 Å². The highest BCUT2D eigenvalue weighted by Crippen LogP contribution is 2.07. The third-order valence-electron chi connectivity index (χ3n) is 2.37. The van der Waals surface area contributed by atoms with E-state index in [4.69, 9.17) is 5.11 Å². The molecule has 1 atom stereocenters. The van der Waals surface area contributed by atoms with Crippen LogP contribution in [0.15, 0.2) is 12.4 Å². The summed E-state index contributed by atoms with van der Waals surface area (Å²) in [6.45, 7) is 4.85. The van der Waals surface area contributed by atoms with Crippen LogP contribution in [0.2, 0.25) is 0 Å². The van der Waals surface area contributed by atoms with Gasteiger partial charge in [0.1, 0.15) is 5.82 Å². The number of H-pyrrole nitrogens is 1. The summed E-state index contributed by atoms with van der Waals surface area (Å²) in [5.74, 6) is 0.896. The summed E-state index contributed by atoms with van der Waals surface area (Å²) in [5.41, 5.74) is -0.202. The van der Waals surface area contributed by atoms with E-state index in [-0.39, 0.29) is 12.1 Å². The monoisotopic (exact) mass is 183 g/mol. The molecule has 1 aromatic heterocycles. The van der Waals surface area contributed by atoms with Crippen LogP contribution in [-0.4, -0.2) is 27.2 Å². The van der Waals surface area contributed by atoms with Crippen molar-refractivity contribution in [2.75, 3.05) is 6.61 Å². The van der Waals surface area contributed by atoms with Crippen LogP contribution in [0.5, 0.6) is 0 Å². The van der Waals surface area contributed by atoms with Crippen molar-refractivity contribution in [3.05, 3.63) is 18.2 Å². The molecule has 0 bridgehead atoms. The molecule has 0 amide bonds. The SMILES string of the molecule is CCC(C)(CO)NCc1ncc[nH]1. The molecule has 0 aliphatic heterocycles. The van der Waals surface area contributed by atoms with Gasteiger partial charge < -0.3 is 15.4 Å². The molecule has 1 rings (SSSR count). The van der Waals surface area contributed by atoms with Crippen LogP contribution in [0.25, 0.3) is 0 Å². The molecule has 74 valence electrons. The second kappa shape index (κ2) is 4.39. The average molecular weight is 183 g/mol. The maximum absolute atomic E-state index is 9.12. The van der Waals surface area contributed by atoms with E-state index in [2.05, 4.69) is 15.3 Å². The lowest BCUT2D eigenvalue weighted by atomic mass is 10.0. The van der Waals surface area contributed by atoms with Crippen LogP contribution in [-0.2, 0) is 6.54 Å². The smallest absolute Gasteiger partial charge is 0.120 e. The first-order chi connectivity index (χ1) is 6.20. The van der Waals surface area contributed by atoms with Gasteiger partial charge in [0.25, 0.3) is 0 Å². The molecule has 0 saturated carbocycles. The Morgan fingerprint density at radius 1 is 1.69 bits per heavy atom. The van der Waals surface area contributed by atoms with E-state index in [1.54, 1.807) is 12.4 Å². The van der Waals surface area contributed by atoms with E-state index >= 15 is 0 Å². The van der Waals surface area contributed by atoms with Crippen LogP contribution < -0.4 is 5.32 Å². The summed E-state index contributed by atoms with van der Waals surface area (Å²) in [6, 6.07) is 0. The minimum Gasteiger partial charge on any atom is -0.394 e. The molecule has 0 saturated heterocycles. The van der Waals surface area contributed by atoms with E-state index in [1.807, 2.05) is 13.8 Å². The third-order valence-corrected chi connectivity index (χ3v) is 2.37. The van der Waals surface area contributed by atoms with Gasteiger partial charge in [0.15, 0.2) is 0 Å². The van der Waals surface area contributed by atoms with Gasteiger partial charge in [-0.15, -0.1) is 0 Å². The maximum atomic E-state index is 9.12. The number of aromatic nitrogens is 2. The Labute approximate surface area is 78.4 Å². The molecule has 0 spiro atoms. The van der Waals surface area contributed by atoms with Crippen molar-refractivity contribution < 1.29 is 5.11 Å². The number of hydrogen-bond acceptors (Lipinski definition) is 3. The summed E-state index contributed by atoms with van der Waals surface area (Å²) in [4.78, 5) is 7.09. The van der Waals surface area contributed by atoms with Gasteiger partial charge in [0, 0.05) is 17.9 Å². The fraction of sp³-hybridized carbons (Fsp3) is 0.667. The van der Waals surface area contributed by atoms with Gasteiger partial charge in [-0.25, -0.2) is 4.98 Å². The normalized spacial score (nSPS) is 15.6. The molecule has 1 aromatic rings. The Hall–Kier alpha value is -0.870. The number of aliphatic hydroxyl groups is 1. The van der Waals surface area contributed by atoms with E-state index in [9.17, 15) is 0 Å². The van der Waals surface area contributed by atoms with Crippen LogP contribution in [0.3, 0.4) is 0 Å². The molecule has 13 heavy (non-hydrogen) atoms. The Morgan fingerprint density at radius 2 is 2.46 bits per heavy atom. The largest absolute Gasteiger partial charge is 0.394 e. The molecule has 0 radical (unpaired) electrons. The average Bonchev–Trinajstić information content (AvgIpc) is 2.67. The predicted octanol–water partition coefficient (Wildman–Crippen LogP) is 0.660. The molecular formula is C9H17N3O. The van der Waals surface area contributed by atoms with E-state index in [0.717, 1.165) is 12.2 Å². The van der Waals surface area contributed by atoms with Crippen molar-refractivity contribution in [2.24, 2.45) is 0 Å². The zero-order chi connectivity index (χ0) is 9.73. The van der Waals surface area contributed by atoms with Gasteiger partial charge in [-0.2, -0.15) is 0 Å². The Bertz CT molecular complexity index is 229. The molecule has 4 nitrogen and oxygen atoms in total. The summed E-state index contributed by atoms with van der Waals surface area (Å²) < 4.78 is 0. The highest BCUT2D eigenvalue weighted by atomic mass is 16.3. The Morgan fingerprint density at radius 3 is 2.92 bits per heavy atom. The summed E-state index contributed by atoms with van der Waals surface area (Å²) >= 11 is 0. The molecule has 0 aliphatic rings. The quantitative estimate of drug-likeness (QED) is 0.628. The Balaban J connectivity index is 2.41. The molecule has 1 heterocycles. The number of imidazole rings is 1. The number of nitrogens with one attached hydrogen (secondary N) is 2. The fourth-order valence-electron chi connectivity index (χ4n) is 0.984. The minimum atomic E-state index is -0.202. The van der Waals surface area contributed by atoms with Gasteiger partial charge in [-0.1, -0.05) is 6.92 Å². The molecule has 4 heteroatoms. The first-order valence-electron chi connectivity index (χ1n) is 4.54. The standard InChI is InChI=1S/C9H17N3O/c1-3-9(2,7-13)12-6-8-10-4-5-11-8/h4-5,12-13H,3,6-7H2,1-2H3,(H,10,11). The third kappa shape index (κ3) is 2.82. The van der Waals surface area contributed by atoms with Crippen LogP contribution in [0, 0.1) is 0 Å². The van der Waals surface area contributed by atoms with Crippen molar-refractivity contribution in [3.63, 3.8) is 0 Å². The van der Waals surface area contributed by atoms with Crippen molar-refractivity contribution in [1.29, 1.82) is 0 Å². The molecule has 3 N–H and O–H groups in total. The highest BCUT2D eigenvalue weighted by molar-refractivity contribution is 4.89.